The van der Waals surface area contributed by atoms with Crippen molar-refractivity contribution in [2.24, 2.45) is 0 Å². The van der Waals surface area contributed by atoms with Crippen molar-refractivity contribution in [2.45, 2.75) is 40.0 Å². The molecule has 0 bridgehead atoms. The molecule has 0 radical (unpaired) electrons. The van der Waals surface area contributed by atoms with E-state index in [0.717, 1.165) is 25.9 Å². The van der Waals surface area contributed by atoms with Gasteiger partial charge in [-0.05, 0) is 18.9 Å². The summed E-state index contributed by atoms with van der Waals surface area (Å²) in [6, 6.07) is 0. The molecular formula is C16H28N2O2. The molecule has 0 aromatic carbocycles. The number of amides is 2. The van der Waals surface area contributed by atoms with E-state index in [1.807, 2.05) is 30.9 Å². The molecule has 2 amide bonds. The average Bonchev–Trinajstić information content (AvgIpc) is 2.47. The molecule has 20 heavy (non-hydrogen) atoms. The molecule has 0 atom stereocenters. The van der Waals surface area contributed by atoms with E-state index in [1.165, 1.54) is 6.08 Å². The normalized spacial score (nSPS) is 10.6. The number of carbonyl (C=O) groups is 2. The highest BCUT2D eigenvalue weighted by Crippen LogP contribution is 1.98. The Bertz CT molecular complexity index is 337. The molecule has 0 aliphatic carbocycles. The minimum atomic E-state index is -0.0495. The highest BCUT2D eigenvalue weighted by atomic mass is 16.2. The van der Waals surface area contributed by atoms with E-state index in [-0.39, 0.29) is 11.8 Å². The van der Waals surface area contributed by atoms with Gasteiger partial charge in [0.15, 0.2) is 0 Å². The van der Waals surface area contributed by atoms with Gasteiger partial charge in [0.05, 0.1) is 0 Å². The molecule has 0 spiro atoms. The van der Waals surface area contributed by atoms with Gasteiger partial charge in [0, 0.05) is 32.6 Å². The van der Waals surface area contributed by atoms with E-state index in [0.29, 0.717) is 19.5 Å². The summed E-state index contributed by atoms with van der Waals surface area (Å²) in [5.41, 5.74) is 0. The molecule has 0 rings (SSSR count). The molecular weight excluding hydrogens is 252 g/mol. The second kappa shape index (κ2) is 11.3. The first-order chi connectivity index (χ1) is 9.60. The smallest absolute Gasteiger partial charge is 0.246 e. The zero-order chi connectivity index (χ0) is 15.4. The molecule has 0 unspecified atom stereocenters. The molecule has 0 saturated heterocycles. The standard InChI is InChI=1S/C16H28N2O2/c1-5-11-17(15(19)7-3)13-9-10-14-18(12-6-2)16(20)8-4/h7,9-10H,3,5-6,8,11-14H2,1-2,4H3/b10-9+. The summed E-state index contributed by atoms with van der Waals surface area (Å²) in [7, 11) is 0. The number of carbonyl (C=O) groups excluding carboxylic acids is 2. The quantitative estimate of drug-likeness (QED) is 0.456. The average molecular weight is 280 g/mol. The lowest BCUT2D eigenvalue weighted by Gasteiger charge is -2.20. The molecule has 0 aliphatic heterocycles. The van der Waals surface area contributed by atoms with Gasteiger partial charge in [-0.25, -0.2) is 0 Å². The number of rotatable bonds is 10. The Balaban J connectivity index is 4.35. The SMILES string of the molecule is C=CC(=O)N(C/C=C/CN(CCC)C(=O)CC)CCC. The van der Waals surface area contributed by atoms with E-state index >= 15 is 0 Å². The number of hydrogen-bond donors (Lipinski definition) is 0. The Morgan fingerprint density at radius 1 is 0.950 bits per heavy atom. The van der Waals surface area contributed by atoms with Crippen LogP contribution in [-0.2, 0) is 9.59 Å². The third kappa shape index (κ3) is 7.12. The van der Waals surface area contributed by atoms with Crippen LogP contribution in [-0.4, -0.2) is 47.8 Å². The van der Waals surface area contributed by atoms with Gasteiger partial charge in [-0.15, -0.1) is 0 Å². The maximum Gasteiger partial charge on any atom is 0.246 e. The Kier molecular flexibility index (Phi) is 10.4. The third-order valence-electron chi connectivity index (χ3n) is 2.95. The summed E-state index contributed by atoms with van der Waals surface area (Å²) < 4.78 is 0. The first kappa shape index (κ1) is 18.4. The van der Waals surface area contributed by atoms with Crippen molar-refractivity contribution >= 4 is 11.8 Å². The molecule has 0 fully saturated rings. The number of nitrogens with zero attached hydrogens (tertiary/aromatic N) is 2. The highest BCUT2D eigenvalue weighted by molar-refractivity contribution is 5.87. The van der Waals surface area contributed by atoms with Gasteiger partial charge in [-0.1, -0.05) is 39.5 Å². The highest BCUT2D eigenvalue weighted by Gasteiger charge is 2.09. The summed E-state index contributed by atoms with van der Waals surface area (Å²) >= 11 is 0. The molecule has 4 heteroatoms. The Morgan fingerprint density at radius 2 is 1.45 bits per heavy atom. The molecule has 0 aromatic rings. The second-order valence-corrected chi connectivity index (χ2v) is 4.65. The Hall–Kier alpha value is -1.58. The maximum absolute atomic E-state index is 11.7. The van der Waals surface area contributed by atoms with Crippen LogP contribution in [0.1, 0.15) is 40.0 Å². The fourth-order valence-corrected chi connectivity index (χ4v) is 1.91. The molecule has 0 heterocycles. The monoisotopic (exact) mass is 280 g/mol. The van der Waals surface area contributed by atoms with Crippen LogP contribution in [0.25, 0.3) is 0 Å². The van der Waals surface area contributed by atoms with E-state index in [2.05, 4.69) is 13.5 Å². The predicted octanol–water partition coefficient (Wildman–Crippen LogP) is 2.62. The summed E-state index contributed by atoms with van der Waals surface area (Å²) in [4.78, 5) is 26.9. The largest absolute Gasteiger partial charge is 0.339 e. The fraction of sp³-hybridized carbons (Fsp3) is 0.625. The van der Waals surface area contributed by atoms with Crippen molar-refractivity contribution in [2.75, 3.05) is 26.2 Å². The van der Waals surface area contributed by atoms with E-state index in [4.69, 9.17) is 0 Å². The van der Waals surface area contributed by atoms with Crippen molar-refractivity contribution < 1.29 is 9.59 Å². The van der Waals surface area contributed by atoms with Crippen LogP contribution in [0.15, 0.2) is 24.8 Å². The minimum Gasteiger partial charge on any atom is -0.339 e. The van der Waals surface area contributed by atoms with Crippen molar-refractivity contribution in [1.82, 2.24) is 9.80 Å². The molecule has 4 nitrogen and oxygen atoms in total. The fourth-order valence-electron chi connectivity index (χ4n) is 1.91. The molecule has 0 saturated carbocycles. The molecule has 0 aromatic heterocycles. The zero-order valence-electron chi connectivity index (χ0n) is 13.1. The summed E-state index contributed by atoms with van der Waals surface area (Å²) in [6.07, 6.45) is 7.66. The van der Waals surface area contributed by atoms with Crippen molar-refractivity contribution in [3.8, 4) is 0 Å². The predicted molar refractivity (Wildman–Crippen MR) is 83.4 cm³/mol. The topological polar surface area (TPSA) is 40.6 Å². The molecule has 114 valence electrons. The summed E-state index contributed by atoms with van der Waals surface area (Å²) in [5.74, 6) is 0.121. The van der Waals surface area contributed by atoms with Crippen LogP contribution in [0.3, 0.4) is 0 Å². The lowest BCUT2D eigenvalue weighted by atomic mass is 10.3. The Labute approximate surface area is 123 Å². The van der Waals surface area contributed by atoms with Gasteiger partial charge >= 0.3 is 0 Å². The van der Waals surface area contributed by atoms with Gasteiger partial charge in [0.1, 0.15) is 0 Å². The van der Waals surface area contributed by atoms with Crippen LogP contribution in [0, 0.1) is 0 Å². The minimum absolute atomic E-state index is 0.0495. The van der Waals surface area contributed by atoms with E-state index in [1.54, 1.807) is 4.90 Å². The van der Waals surface area contributed by atoms with Crippen LogP contribution >= 0.6 is 0 Å². The lowest BCUT2D eigenvalue weighted by molar-refractivity contribution is -0.130. The third-order valence-corrected chi connectivity index (χ3v) is 2.95. The Morgan fingerprint density at radius 3 is 1.90 bits per heavy atom. The van der Waals surface area contributed by atoms with Gasteiger partial charge in [0.25, 0.3) is 0 Å². The van der Waals surface area contributed by atoms with Gasteiger partial charge < -0.3 is 9.80 Å². The van der Waals surface area contributed by atoms with Crippen molar-refractivity contribution in [3.63, 3.8) is 0 Å². The molecule has 0 aliphatic rings. The van der Waals surface area contributed by atoms with Gasteiger partial charge in [-0.3, -0.25) is 9.59 Å². The summed E-state index contributed by atoms with van der Waals surface area (Å²) in [5, 5.41) is 0. The number of hydrogen-bond acceptors (Lipinski definition) is 2. The second-order valence-electron chi connectivity index (χ2n) is 4.65. The first-order valence-corrected chi connectivity index (χ1v) is 7.44. The maximum atomic E-state index is 11.7. The van der Waals surface area contributed by atoms with Crippen LogP contribution < -0.4 is 0 Å². The van der Waals surface area contributed by atoms with E-state index < -0.39 is 0 Å². The zero-order valence-corrected chi connectivity index (χ0v) is 13.1. The van der Waals surface area contributed by atoms with E-state index in [9.17, 15) is 9.59 Å². The van der Waals surface area contributed by atoms with Crippen molar-refractivity contribution in [1.29, 1.82) is 0 Å². The first-order valence-electron chi connectivity index (χ1n) is 7.44. The van der Waals surface area contributed by atoms with Crippen LogP contribution in [0.2, 0.25) is 0 Å². The van der Waals surface area contributed by atoms with Crippen LogP contribution in [0.5, 0.6) is 0 Å². The molecule has 0 N–H and O–H groups in total. The van der Waals surface area contributed by atoms with Crippen LogP contribution in [0.4, 0.5) is 0 Å². The lowest BCUT2D eigenvalue weighted by Crippen LogP contribution is -2.32. The van der Waals surface area contributed by atoms with Gasteiger partial charge in [0.2, 0.25) is 11.8 Å². The summed E-state index contributed by atoms with van der Waals surface area (Å²) in [6.45, 7) is 12.2. The van der Waals surface area contributed by atoms with Crippen molar-refractivity contribution in [3.05, 3.63) is 24.8 Å². The van der Waals surface area contributed by atoms with Gasteiger partial charge in [-0.2, -0.15) is 0 Å².